The highest BCUT2D eigenvalue weighted by Gasteiger charge is 2.31. The van der Waals surface area contributed by atoms with Gasteiger partial charge in [0.2, 0.25) is 0 Å². The number of nitrogens with zero attached hydrogens (tertiary/aromatic N) is 3. The molecule has 1 aromatic heterocycles. The number of aromatic nitrogens is 2. The maximum absolute atomic E-state index is 12.6. The molecule has 1 aliphatic heterocycles. The molecule has 0 radical (unpaired) electrons. The smallest absolute Gasteiger partial charge is 0.274 e. The second-order valence-electron chi connectivity index (χ2n) is 4.50. The summed E-state index contributed by atoms with van der Waals surface area (Å²) in [5.41, 5.74) is 0.191. The lowest BCUT2D eigenvalue weighted by atomic mass is 10.2. The topological polar surface area (TPSA) is 75.6 Å². The molecule has 1 aliphatic rings. The molecule has 1 saturated heterocycles. The third-order valence-corrected chi connectivity index (χ3v) is 3.92. The van der Waals surface area contributed by atoms with Crippen LogP contribution in [0, 0.1) is 0 Å². The largest absolute Gasteiger partial charge is 0.394 e. The third-order valence-electron chi connectivity index (χ3n) is 3.08. The molecule has 2 heterocycles. The third kappa shape index (κ3) is 3.22. The minimum absolute atomic E-state index is 0.0888. The van der Waals surface area contributed by atoms with Crippen LogP contribution in [0.4, 0.5) is 0 Å². The first-order valence-corrected chi connectivity index (χ1v) is 7.77. The number of carbonyl (C=O) groups is 1. The van der Waals surface area contributed by atoms with Crippen LogP contribution in [-0.4, -0.2) is 64.0 Å². The Kier molecular flexibility index (Phi) is 5.20. The van der Waals surface area contributed by atoms with E-state index in [1.54, 1.807) is 4.90 Å². The highest BCUT2D eigenvalue weighted by Crippen LogP contribution is 2.21. The lowest BCUT2D eigenvalue weighted by molar-refractivity contribution is -0.0668. The second kappa shape index (κ2) is 6.71. The van der Waals surface area contributed by atoms with Gasteiger partial charge in [-0.3, -0.25) is 4.79 Å². The molecule has 2 atom stereocenters. The average Bonchev–Trinajstić information content (AvgIpc) is 2.47. The highest BCUT2D eigenvalue weighted by atomic mass is 35.5. The predicted octanol–water partition coefficient (Wildman–Crippen LogP) is 1.07. The summed E-state index contributed by atoms with van der Waals surface area (Å²) >= 11 is 7.37. The lowest BCUT2D eigenvalue weighted by Crippen LogP contribution is -2.52. The minimum Gasteiger partial charge on any atom is -0.394 e. The number of aliphatic hydroxyl groups is 1. The van der Waals surface area contributed by atoms with Crippen LogP contribution in [0.5, 0.6) is 0 Å². The van der Waals surface area contributed by atoms with Crippen molar-refractivity contribution < 1.29 is 14.6 Å². The molecule has 0 saturated carbocycles. The molecule has 2 rings (SSSR count). The number of hydrogen-bond donors (Lipinski definition) is 1. The Morgan fingerprint density at radius 3 is 3.10 bits per heavy atom. The van der Waals surface area contributed by atoms with Crippen LogP contribution in [-0.2, 0) is 4.74 Å². The fraction of sp³-hybridized carbons (Fsp3) is 0.583. The lowest BCUT2D eigenvalue weighted by Gasteiger charge is -2.37. The summed E-state index contributed by atoms with van der Waals surface area (Å²) in [6.07, 6.45) is 2.90. The fourth-order valence-corrected chi connectivity index (χ4v) is 2.46. The highest BCUT2D eigenvalue weighted by molar-refractivity contribution is 7.98. The van der Waals surface area contributed by atoms with E-state index in [0.29, 0.717) is 18.3 Å². The number of halogens is 1. The molecule has 8 heteroatoms. The molecule has 0 bridgehead atoms. The van der Waals surface area contributed by atoms with Crippen LogP contribution in [0.2, 0.25) is 5.02 Å². The van der Waals surface area contributed by atoms with Gasteiger partial charge in [-0.15, -0.1) is 0 Å². The van der Waals surface area contributed by atoms with E-state index in [4.69, 9.17) is 21.4 Å². The number of thioether (sulfide) groups is 1. The van der Waals surface area contributed by atoms with E-state index in [-0.39, 0.29) is 35.4 Å². The summed E-state index contributed by atoms with van der Waals surface area (Å²) < 4.78 is 5.42. The molecule has 1 amide bonds. The first kappa shape index (κ1) is 15.5. The standard InChI is InChI=1S/C12H16ClN3O3S/c1-7-6-19-8(5-17)4-16(7)11(18)10-9(13)3-14-12(15-10)20-2/h3,7-8,17H,4-6H2,1-2H3. The molecular weight excluding hydrogens is 302 g/mol. The van der Waals surface area contributed by atoms with Crippen molar-refractivity contribution >= 4 is 29.3 Å². The first-order chi connectivity index (χ1) is 9.56. The van der Waals surface area contributed by atoms with Gasteiger partial charge in [0.1, 0.15) is 0 Å². The Balaban J connectivity index is 2.25. The van der Waals surface area contributed by atoms with E-state index < -0.39 is 0 Å². The molecule has 1 aromatic rings. The van der Waals surface area contributed by atoms with Crippen molar-refractivity contribution in [2.45, 2.75) is 24.2 Å². The van der Waals surface area contributed by atoms with Crippen LogP contribution in [0.25, 0.3) is 0 Å². The van der Waals surface area contributed by atoms with Gasteiger partial charge in [0.05, 0.1) is 36.6 Å². The number of carbonyl (C=O) groups excluding carboxylic acids is 1. The minimum atomic E-state index is -0.365. The van der Waals surface area contributed by atoms with Crippen LogP contribution in [0.15, 0.2) is 11.4 Å². The summed E-state index contributed by atoms with van der Waals surface area (Å²) in [4.78, 5) is 22.4. The average molecular weight is 318 g/mol. The molecule has 1 fully saturated rings. The maximum Gasteiger partial charge on any atom is 0.274 e. The van der Waals surface area contributed by atoms with Gasteiger partial charge in [0, 0.05) is 6.54 Å². The molecule has 0 aromatic carbocycles. The number of morpholine rings is 1. The van der Waals surface area contributed by atoms with Crippen molar-refractivity contribution in [1.29, 1.82) is 0 Å². The zero-order valence-corrected chi connectivity index (χ0v) is 12.8. The van der Waals surface area contributed by atoms with Crippen LogP contribution in [0.1, 0.15) is 17.4 Å². The van der Waals surface area contributed by atoms with Crippen LogP contribution in [0.3, 0.4) is 0 Å². The van der Waals surface area contributed by atoms with Crippen molar-refractivity contribution in [2.24, 2.45) is 0 Å². The zero-order chi connectivity index (χ0) is 14.7. The van der Waals surface area contributed by atoms with Crippen molar-refractivity contribution in [3.63, 3.8) is 0 Å². The van der Waals surface area contributed by atoms with Gasteiger partial charge >= 0.3 is 0 Å². The number of hydrogen-bond acceptors (Lipinski definition) is 6. The Morgan fingerprint density at radius 1 is 1.70 bits per heavy atom. The normalized spacial score (nSPS) is 22.9. The van der Waals surface area contributed by atoms with E-state index in [9.17, 15) is 4.79 Å². The molecule has 110 valence electrons. The Morgan fingerprint density at radius 2 is 2.45 bits per heavy atom. The van der Waals surface area contributed by atoms with E-state index in [1.807, 2.05) is 13.2 Å². The predicted molar refractivity (Wildman–Crippen MR) is 76.1 cm³/mol. The number of rotatable bonds is 3. The summed E-state index contributed by atoms with van der Waals surface area (Å²) in [5, 5.41) is 9.89. The monoisotopic (exact) mass is 317 g/mol. The number of ether oxygens (including phenoxy) is 1. The van der Waals surface area contributed by atoms with Gasteiger partial charge in [0.25, 0.3) is 5.91 Å². The van der Waals surface area contributed by atoms with Crippen molar-refractivity contribution in [1.82, 2.24) is 14.9 Å². The molecule has 6 nitrogen and oxygen atoms in total. The van der Waals surface area contributed by atoms with Gasteiger partial charge in [0.15, 0.2) is 10.9 Å². The van der Waals surface area contributed by atoms with Gasteiger partial charge in [-0.25, -0.2) is 9.97 Å². The molecule has 20 heavy (non-hydrogen) atoms. The molecular formula is C12H16ClN3O3S. The summed E-state index contributed by atoms with van der Waals surface area (Å²) in [5.74, 6) is -0.262. The fourth-order valence-electron chi connectivity index (χ4n) is 1.95. The second-order valence-corrected chi connectivity index (χ2v) is 5.68. The Bertz CT molecular complexity index is 503. The number of amides is 1. The van der Waals surface area contributed by atoms with Crippen LogP contribution < -0.4 is 0 Å². The summed E-state index contributed by atoms with van der Waals surface area (Å²) in [6, 6.07) is -0.0888. The maximum atomic E-state index is 12.6. The molecule has 0 spiro atoms. The van der Waals surface area contributed by atoms with E-state index in [0.717, 1.165) is 0 Å². The Labute approximate surface area is 126 Å². The quantitative estimate of drug-likeness (QED) is 0.664. The molecule has 1 N–H and O–H groups in total. The van der Waals surface area contributed by atoms with E-state index in [2.05, 4.69) is 9.97 Å². The first-order valence-electron chi connectivity index (χ1n) is 6.16. The van der Waals surface area contributed by atoms with Gasteiger partial charge in [-0.1, -0.05) is 23.4 Å². The van der Waals surface area contributed by atoms with Crippen molar-refractivity contribution in [3.8, 4) is 0 Å². The molecule has 0 aliphatic carbocycles. The van der Waals surface area contributed by atoms with Gasteiger partial charge in [-0.05, 0) is 13.2 Å². The summed E-state index contributed by atoms with van der Waals surface area (Å²) in [7, 11) is 0. The SMILES string of the molecule is CSc1ncc(Cl)c(C(=O)N2CC(CO)OCC2C)n1. The van der Waals surface area contributed by atoms with Crippen molar-refractivity contribution in [3.05, 3.63) is 16.9 Å². The Hall–Kier alpha value is -0.890. The van der Waals surface area contributed by atoms with E-state index >= 15 is 0 Å². The van der Waals surface area contributed by atoms with Crippen molar-refractivity contribution in [2.75, 3.05) is 26.0 Å². The van der Waals surface area contributed by atoms with E-state index in [1.165, 1.54) is 18.0 Å². The zero-order valence-electron chi connectivity index (χ0n) is 11.2. The molecule has 2 unspecified atom stereocenters. The van der Waals surface area contributed by atoms with Gasteiger partial charge in [-0.2, -0.15) is 0 Å². The van der Waals surface area contributed by atoms with Gasteiger partial charge < -0.3 is 14.7 Å². The van der Waals surface area contributed by atoms with Crippen LogP contribution >= 0.6 is 23.4 Å². The summed E-state index contributed by atoms with van der Waals surface area (Å²) in [6.45, 7) is 2.47. The number of aliphatic hydroxyl groups excluding tert-OH is 1.